The van der Waals surface area contributed by atoms with E-state index in [0.29, 0.717) is 67.9 Å². The number of rotatable bonds is 4. The van der Waals surface area contributed by atoms with Crippen LogP contribution in [0.15, 0.2) is 29.1 Å². The molecule has 2 aromatic heterocycles. The summed E-state index contributed by atoms with van der Waals surface area (Å²) < 4.78 is 16.5. The summed E-state index contributed by atoms with van der Waals surface area (Å²) in [5, 5.41) is 3.82. The number of carbonyl (C=O) groups is 1. The lowest BCUT2D eigenvalue weighted by Crippen LogP contribution is -2.38. The molecule has 2 aliphatic heterocycles. The molecule has 9 heteroatoms. The van der Waals surface area contributed by atoms with Gasteiger partial charge < -0.3 is 29.4 Å². The summed E-state index contributed by atoms with van der Waals surface area (Å²) in [4.78, 5) is 34.9. The van der Waals surface area contributed by atoms with E-state index in [9.17, 15) is 9.59 Å². The maximum Gasteiger partial charge on any atom is 0.259 e. The third kappa shape index (κ3) is 3.69. The van der Waals surface area contributed by atoms with E-state index in [4.69, 9.17) is 19.2 Å². The van der Waals surface area contributed by atoms with E-state index in [-0.39, 0.29) is 11.5 Å². The molecule has 1 fully saturated rings. The minimum absolute atomic E-state index is 0.185. The van der Waals surface area contributed by atoms with Crippen molar-refractivity contribution in [1.29, 1.82) is 0 Å². The van der Waals surface area contributed by atoms with Gasteiger partial charge in [0.15, 0.2) is 0 Å². The van der Waals surface area contributed by atoms with Crippen molar-refractivity contribution in [3.63, 3.8) is 0 Å². The van der Waals surface area contributed by atoms with Crippen LogP contribution in [0.2, 0.25) is 0 Å². The van der Waals surface area contributed by atoms with Crippen LogP contribution in [0.5, 0.6) is 5.75 Å². The van der Waals surface area contributed by atoms with Crippen molar-refractivity contribution in [3.05, 3.63) is 57.0 Å². The van der Waals surface area contributed by atoms with Crippen molar-refractivity contribution in [3.8, 4) is 5.75 Å². The molecule has 0 saturated carbocycles. The molecular weight excluding hydrogens is 412 g/mol. The molecule has 2 N–H and O–H groups in total. The molecule has 166 valence electrons. The van der Waals surface area contributed by atoms with Crippen molar-refractivity contribution in [2.75, 3.05) is 43.6 Å². The van der Waals surface area contributed by atoms with Crippen molar-refractivity contribution in [2.45, 2.75) is 20.1 Å². The molecule has 0 unspecified atom stereocenters. The minimum atomic E-state index is -0.284. The largest absolute Gasteiger partial charge is 0.494 e. The molecule has 0 radical (unpaired) electrons. The second-order valence-corrected chi connectivity index (χ2v) is 7.93. The number of H-pyrrole nitrogens is 1. The highest BCUT2D eigenvalue weighted by Crippen LogP contribution is 2.32. The summed E-state index contributed by atoms with van der Waals surface area (Å²) >= 11 is 0. The zero-order chi connectivity index (χ0) is 22.2. The van der Waals surface area contributed by atoms with Gasteiger partial charge in [-0.15, -0.1) is 0 Å². The van der Waals surface area contributed by atoms with Gasteiger partial charge in [-0.05, 0) is 24.6 Å². The van der Waals surface area contributed by atoms with Gasteiger partial charge in [0.1, 0.15) is 11.6 Å². The van der Waals surface area contributed by atoms with E-state index >= 15 is 0 Å². The molecule has 3 aromatic rings. The van der Waals surface area contributed by atoms with E-state index in [1.807, 2.05) is 19.1 Å². The standard InChI is InChI=1S/C23H24N4O5/c1-13-7-21(28)24-17-10-20(30-2)18(9-15(13)17)26-23(29)16-8-14-11-32-12-19(14)25-22(16)27-3-5-31-6-4-27/h7-10H,3-6,11-12H2,1-2H3,(H,24,28)(H,26,29). The molecule has 1 aromatic carbocycles. The number of aromatic nitrogens is 2. The Morgan fingerprint density at radius 2 is 1.97 bits per heavy atom. The Morgan fingerprint density at radius 1 is 1.16 bits per heavy atom. The first-order chi connectivity index (χ1) is 15.5. The normalized spacial score (nSPS) is 15.6. The highest BCUT2D eigenvalue weighted by Gasteiger charge is 2.26. The Balaban J connectivity index is 1.55. The summed E-state index contributed by atoms with van der Waals surface area (Å²) in [5.74, 6) is 0.807. The van der Waals surface area contributed by atoms with Crippen LogP contribution >= 0.6 is 0 Å². The SMILES string of the molecule is COc1cc2[nH]c(=O)cc(C)c2cc1NC(=O)c1cc2c(nc1N1CCOCC1)COC2. The van der Waals surface area contributed by atoms with E-state index < -0.39 is 0 Å². The maximum atomic E-state index is 13.5. The number of aromatic amines is 1. The van der Waals surface area contributed by atoms with Crippen LogP contribution in [0.25, 0.3) is 10.9 Å². The zero-order valence-corrected chi connectivity index (χ0v) is 18.0. The number of pyridine rings is 2. The minimum Gasteiger partial charge on any atom is -0.494 e. The Morgan fingerprint density at radius 3 is 2.75 bits per heavy atom. The number of methoxy groups -OCH3 is 1. The molecule has 32 heavy (non-hydrogen) atoms. The molecule has 0 atom stereocenters. The van der Waals surface area contributed by atoms with E-state index in [2.05, 4.69) is 15.2 Å². The van der Waals surface area contributed by atoms with Crippen LogP contribution in [0.4, 0.5) is 11.5 Å². The number of hydrogen-bond donors (Lipinski definition) is 2. The van der Waals surface area contributed by atoms with Gasteiger partial charge in [-0.3, -0.25) is 9.59 Å². The van der Waals surface area contributed by atoms with Gasteiger partial charge in [-0.1, -0.05) is 0 Å². The summed E-state index contributed by atoms with van der Waals surface area (Å²) in [6, 6.07) is 6.93. The number of ether oxygens (including phenoxy) is 3. The molecule has 2 aliphatic rings. The summed E-state index contributed by atoms with van der Waals surface area (Å²) in [6.45, 7) is 5.26. The van der Waals surface area contributed by atoms with Crippen LogP contribution < -0.4 is 20.5 Å². The number of amides is 1. The first-order valence-corrected chi connectivity index (χ1v) is 10.5. The predicted octanol–water partition coefficient (Wildman–Crippen LogP) is 2.36. The van der Waals surface area contributed by atoms with E-state index in [1.165, 1.54) is 13.2 Å². The molecule has 0 spiro atoms. The summed E-state index contributed by atoms with van der Waals surface area (Å²) in [5.41, 5.74) is 4.07. The summed E-state index contributed by atoms with van der Waals surface area (Å²) in [7, 11) is 1.53. The molecule has 9 nitrogen and oxygen atoms in total. The van der Waals surface area contributed by atoms with Gasteiger partial charge in [0.05, 0.1) is 56.0 Å². The number of nitrogens with zero attached hydrogens (tertiary/aromatic N) is 2. The molecule has 1 saturated heterocycles. The lowest BCUT2D eigenvalue weighted by atomic mass is 10.1. The Kier molecular flexibility index (Phi) is 5.28. The van der Waals surface area contributed by atoms with E-state index in [1.54, 1.807) is 6.07 Å². The molecule has 1 amide bonds. The smallest absolute Gasteiger partial charge is 0.259 e. The van der Waals surface area contributed by atoms with Gasteiger partial charge in [-0.25, -0.2) is 4.98 Å². The number of aryl methyl sites for hydroxylation is 1. The van der Waals surface area contributed by atoms with Crippen LogP contribution in [0.1, 0.15) is 27.2 Å². The number of morpholine rings is 1. The van der Waals surface area contributed by atoms with Crippen molar-refractivity contribution in [2.24, 2.45) is 0 Å². The fourth-order valence-electron chi connectivity index (χ4n) is 4.18. The zero-order valence-electron chi connectivity index (χ0n) is 18.0. The molecule has 0 bridgehead atoms. The van der Waals surface area contributed by atoms with Crippen LogP contribution in [-0.2, 0) is 22.7 Å². The third-order valence-electron chi connectivity index (χ3n) is 5.84. The van der Waals surface area contributed by atoms with Crippen molar-refractivity contribution >= 4 is 28.3 Å². The fourth-order valence-corrected chi connectivity index (χ4v) is 4.18. The average Bonchev–Trinajstić information content (AvgIpc) is 3.26. The van der Waals surface area contributed by atoms with Crippen LogP contribution in [0, 0.1) is 6.92 Å². The number of carbonyl (C=O) groups excluding carboxylic acids is 1. The van der Waals surface area contributed by atoms with Gasteiger partial charge in [-0.2, -0.15) is 0 Å². The predicted molar refractivity (Wildman–Crippen MR) is 120 cm³/mol. The molecule has 4 heterocycles. The lowest BCUT2D eigenvalue weighted by molar-refractivity contribution is 0.102. The first-order valence-electron chi connectivity index (χ1n) is 10.5. The van der Waals surface area contributed by atoms with Gasteiger partial charge in [0.2, 0.25) is 5.56 Å². The third-order valence-corrected chi connectivity index (χ3v) is 5.84. The van der Waals surface area contributed by atoms with Gasteiger partial charge in [0, 0.05) is 36.2 Å². The molecule has 0 aliphatic carbocycles. The number of fused-ring (bicyclic) bond motifs is 2. The molecule has 5 rings (SSSR count). The highest BCUT2D eigenvalue weighted by molar-refractivity contribution is 6.09. The van der Waals surface area contributed by atoms with E-state index in [0.717, 1.165) is 22.2 Å². The van der Waals surface area contributed by atoms with Crippen LogP contribution in [0.3, 0.4) is 0 Å². The Labute approximate surface area is 184 Å². The summed E-state index contributed by atoms with van der Waals surface area (Å²) in [6.07, 6.45) is 0. The topological polar surface area (TPSA) is 106 Å². The van der Waals surface area contributed by atoms with Crippen LogP contribution in [-0.4, -0.2) is 49.3 Å². The number of nitrogens with one attached hydrogen (secondary N) is 2. The molecular formula is C23H24N4O5. The number of benzene rings is 1. The Bertz CT molecular complexity index is 1260. The van der Waals surface area contributed by atoms with Crippen molar-refractivity contribution < 1.29 is 19.0 Å². The quantitative estimate of drug-likeness (QED) is 0.647. The lowest BCUT2D eigenvalue weighted by Gasteiger charge is -2.29. The van der Waals surface area contributed by atoms with Gasteiger partial charge in [0.25, 0.3) is 5.91 Å². The second kappa shape index (κ2) is 8.25. The second-order valence-electron chi connectivity index (χ2n) is 7.93. The fraction of sp³-hybridized carbons (Fsp3) is 0.348. The first kappa shape index (κ1) is 20.5. The average molecular weight is 436 g/mol. The highest BCUT2D eigenvalue weighted by atomic mass is 16.5. The van der Waals surface area contributed by atoms with Gasteiger partial charge >= 0.3 is 0 Å². The number of anilines is 2. The monoisotopic (exact) mass is 436 g/mol. The Hall–Kier alpha value is -3.43. The van der Waals surface area contributed by atoms with Crippen molar-refractivity contribution in [1.82, 2.24) is 9.97 Å². The number of hydrogen-bond acceptors (Lipinski definition) is 7. The maximum absolute atomic E-state index is 13.5.